The fraction of sp³-hybridized carbons (Fsp3) is 0.516. The molecule has 2 nitrogen and oxygen atoms in total. The molecule has 0 spiro atoms. The van der Waals surface area contributed by atoms with Crippen LogP contribution in [0.1, 0.15) is 118 Å². The quantitative estimate of drug-likeness (QED) is 0.190. The highest BCUT2D eigenvalue weighted by Crippen LogP contribution is 2.14. The minimum Gasteiger partial charge on any atom is -0.358 e. The highest BCUT2D eigenvalue weighted by atomic mass is 16.1. The third-order valence-corrected chi connectivity index (χ3v) is 6.31. The van der Waals surface area contributed by atoms with Crippen LogP contribution in [0.25, 0.3) is 0 Å². The van der Waals surface area contributed by atoms with E-state index in [1.807, 2.05) is 54.7 Å². The van der Waals surface area contributed by atoms with E-state index in [2.05, 4.69) is 24.0 Å². The molecule has 0 bridgehead atoms. The van der Waals surface area contributed by atoms with Gasteiger partial charge in [-0.15, -0.1) is 0 Å². The van der Waals surface area contributed by atoms with Gasteiger partial charge in [0.15, 0.2) is 0 Å². The van der Waals surface area contributed by atoms with Crippen LogP contribution in [0.2, 0.25) is 0 Å². The molecule has 0 aliphatic carbocycles. The number of aryl methyl sites for hydroxylation is 1. The summed E-state index contributed by atoms with van der Waals surface area (Å²) in [7, 11) is 0. The lowest BCUT2D eigenvalue weighted by Gasteiger charge is -2.03. The van der Waals surface area contributed by atoms with Crippen LogP contribution >= 0.6 is 0 Å². The number of unbranched alkanes of at least 4 members (excludes halogenated alkanes) is 13. The number of H-pyrrole nitrogens is 1. The van der Waals surface area contributed by atoms with E-state index >= 15 is 0 Å². The first-order valence-electron chi connectivity index (χ1n) is 13.4. The SMILES string of the molecule is CCCCCCCCCCCCCCCCc1cccccc(C(=O)c2ccccc2)[nH]c1. The van der Waals surface area contributed by atoms with Gasteiger partial charge in [-0.3, -0.25) is 4.79 Å². The van der Waals surface area contributed by atoms with Gasteiger partial charge in [0.2, 0.25) is 5.78 Å². The fourth-order valence-electron chi connectivity index (χ4n) is 4.23. The molecule has 2 heteroatoms. The first-order chi connectivity index (χ1) is 16.3. The molecule has 0 saturated carbocycles. The van der Waals surface area contributed by atoms with Gasteiger partial charge in [-0.25, -0.2) is 0 Å². The van der Waals surface area contributed by atoms with Gasteiger partial charge in [-0.2, -0.15) is 0 Å². The molecule has 2 rings (SSSR count). The molecule has 0 unspecified atom stereocenters. The summed E-state index contributed by atoms with van der Waals surface area (Å²) in [6, 6.07) is 19.4. The Morgan fingerprint density at radius 2 is 1.09 bits per heavy atom. The highest BCUT2D eigenvalue weighted by Gasteiger charge is 2.07. The maximum Gasteiger partial charge on any atom is 0.209 e. The van der Waals surface area contributed by atoms with Crippen LogP contribution < -0.4 is 0 Å². The van der Waals surface area contributed by atoms with E-state index in [9.17, 15) is 4.79 Å². The number of carbonyl (C=O) groups excluding carboxylic acids is 1. The number of rotatable bonds is 17. The fourth-order valence-corrected chi connectivity index (χ4v) is 4.23. The maximum atomic E-state index is 12.8. The first-order valence-corrected chi connectivity index (χ1v) is 13.4. The summed E-state index contributed by atoms with van der Waals surface area (Å²) in [4.78, 5) is 16.0. The van der Waals surface area contributed by atoms with Crippen molar-refractivity contribution in [2.45, 2.75) is 103 Å². The summed E-state index contributed by atoms with van der Waals surface area (Å²) in [6.07, 6.45) is 22.4. The Kier molecular flexibility index (Phi) is 14.8. The first kappa shape index (κ1) is 26.9. The lowest BCUT2D eigenvalue weighted by Crippen LogP contribution is -2.02. The lowest BCUT2D eigenvalue weighted by molar-refractivity contribution is 0.103. The van der Waals surface area contributed by atoms with Crippen molar-refractivity contribution in [1.29, 1.82) is 0 Å². The average molecular weight is 448 g/mol. The molecule has 1 aromatic heterocycles. The number of aromatic amines is 1. The van der Waals surface area contributed by atoms with Crippen molar-refractivity contribution in [2.24, 2.45) is 0 Å². The molecule has 0 radical (unpaired) electrons. The zero-order chi connectivity index (χ0) is 23.4. The second-order valence-corrected chi connectivity index (χ2v) is 9.23. The molecule has 0 aliphatic rings. The topological polar surface area (TPSA) is 32.9 Å². The van der Waals surface area contributed by atoms with Crippen LogP contribution in [0.3, 0.4) is 0 Å². The molecule has 0 atom stereocenters. The lowest BCUT2D eigenvalue weighted by atomic mass is 10.0. The largest absolute Gasteiger partial charge is 0.358 e. The Bertz CT molecular complexity index is 806. The third kappa shape index (κ3) is 12.5. The molecule has 33 heavy (non-hydrogen) atoms. The van der Waals surface area contributed by atoms with Gasteiger partial charge in [0.1, 0.15) is 0 Å². The Morgan fingerprint density at radius 3 is 1.67 bits per heavy atom. The number of benzene rings is 1. The van der Waals surface area contributed by atoms with Crippen LogP contribution in [0.4, 0.5) is 0 Å². The van der Waals surface area contributed by atoms with Crippen LogP contribution in [-0.2, 0) is 6.42 Å². The summed E-state index contributed by atoms with van der Waals surface area (Å²) < 4.78 is 0. The number of hydrogen-bond acceptors (Lipinski definition) is 1. The molecule has 0 amide bonds. The molecule has 0 fully saturated rings. The van der Waals surface area contributed by atoms with E-state index in [4.69, 9.17) is 0 Å². The standard InChI is InChI=1S/C31H45NO/c1-2-3-4-5-6-7-8-9-10-11-12-13-14-17-22-28-23-18-15-21-26-30(32-27-28)31(33)29-24-19-16-20-25-29/h15-16,18-21,23-27,32H,2-14,17,22H2,1H3. The van der Waals surface area contributed by atoms with Crippen molar-refractivity contribution < 1.29 is 4.79 Å². The molecule has 1 heterocycles. The number of ketones is 1. The molecular weight excluding hydrogens is 402 g/mol. The zero-order valence-electron chi connectivity index (χ0n) is 20.9. The molecule has 1 aromatic carbocycles. The van der Waals surface area contributed by atoms with Crippen LogP contribution in [0.15, 0.2) is 66.9 Å². The van der Waals surface area contributed by atoms with E-state index in [1.54, 1.807) is 0 Å². The van der Waals surface area contributed by atoms with E-state index in [1.165, 1.54) is 95.5 Å². The normalized spacial score (nSPS) is 10.7. The van der Waals surface area contributed by atoms with Gasteiger partial charge in [0.05, 0.1) is 5.69 Å². The van der Waals surface area contributed by atoms with Gasteiger partial charge in [-0.1, -0.05) is 145 Å². The van der Waals surface area contributed by atoms with Crippen LogP contribution in [0.5, 0.6) is 0 Å². The summed E-state index contributed by atoms with van der Waals surface area (Å²) in [5.74, 6) is 0.0224. The Morgan fingerprint density at radius 1 is 0.606 bits per heavy atom. The minimum atomic E-state index is 0.0224. The summed E-state index contributed by atoms with van der Waals surface area (Å²) >= 11 is 0. The summed E-state index contributed by atoms with van der Waals surface area (Å²) in [6.45, 7) is 2.28. The number of carbonyl (C=O) groups is 1. The van der Waals surface area contributed by atoms with Gasteiger partial charge in [0.25, 0.3) is 0 Å². The minimum absolute atomic E-state index is 0.0224. The Balaban J connectivity index is 1.63. The van der Waals surface area contributed by atoms with Crippen LogP contribution in [-0.4, -0.2) is 10.8 Å². The summed E-state index contributed by atoms with van der Waals surface area (Å²) in [5, 5.41) is 0. The van der Waals surface area contributed by atoms with E-state index in [0.29, 0.717) is 11.3 Å². The van der Waals surface area contributed by atoms with E-state index < -0.39 is 0 Å². The second kappa shape index (κ2) is 18.1. The van der Waals surface area contributed by atoms with E-state index in [0.717, 1.165) is 6.42 Å². The average Bonchev–Trinajstić information content (AvgIpc) is 2.96. The van der Waals surface area contributed by atoms with Crippen molar-refractivity contribution >= 4 is 5.78 Å². The number of nitrogens with one attached hydrogen (secondary N) is 1. The Labute approximate surface area is 202 Å². The van der Waals surface area contributed by atoms with Gasteiger partial charge >= 0.3 is 0 Å². The highest BCUT2D eigenvalue weighted by molar-refractivity contribution is 6.07. The van der Waals surface area contributed by atoms with Crippen molar-refractivity contribution in [3.63, 3.8) is 0 Å². The molecule has 0 saturated heterocycles. The Hall–Kier alpha value is -2.35. The van der Waals surface area contributed by atoms with Gasteiger partial charge in [-0.05, 0) is 24.5 Å². The summed E-state index contributed by atoms with van der Waals surface area (Å²) in [5.41, 5.74) is 2.56. The molecule has 2 aromatic rings. The second-order valence-electron chi connectivity index (χ2n) is 9.23. The predicted molar refractivity (Wildman–Crippen MR) is 142 cm³/mol. The number of aromatic nitrogens is 1. The smallest absolute Gasteiger partial charge is 0.209 e. The van der Waals surface area contributed by atoms with Crippen molar-refractivity contribution in [2.75, 3.05) is 0 Å². The molecule has 0 aliphatic heterocycles. The maximum absolute atomic E-state index is 12.8. The van der Waals surface area contributed by atoms with Crippen molar-refractivity contribution in [1.82, 2.24) is 4.98 Å². The molecular formula is C31H45NO. The molecule has 180 valence electrons. The third-order valence-electron chi connectivity index (χ3n) is 6.31. The molecule has 1 N–H and O–H groups in total. The van der Waals surface area contributed by atoms with Crippen molar-refractivity contribution in [3.8, 4) is 0 Å². The zero-order valence-corrected chi connectivity index (χ0v) is 20.9. The van der Waals surface area contributed by atoms with Gasteiger partial charge in [0, 0.05) is 11.8 Å². The van der Waals surface area contributed by atoms with Gasteiger partial charge < -0.3 is 4.98 Å². The van der Waals surface area contributed by atoms with Crippen molar-refractivity contribution in [3.05, 3.63) is 83.7 Å². The monoisotopic (exact) mass is 447 g/mol. The predicted octanol–water partition coefficient (Wildman–Crippen LogP) is 9.39. The number of hydrogen-bond donors (Lipinski definition) is 1. The van der Waals surface area contributed by atoms with Crippen LogP contribution in [0, 0.1) is 0 Å². The van der Waals surface area contributed by atoms with E-state index in [-0.39, 0.29) is 5.78 Å².